The molecule has 1 amide bonds. The molecule has 0 saturated carbocycles. The molecular formula is C20H31N3O2. The molecule has 2 saturated heterocycles. The minimum atomic E-state index is 0.178. The molecule has 2 fully saturated rings. The number of nitrogens with one attached hydrogen (secondary N) is 2. The molecule has 5 nitrogen and oxygen atoms in total. The molecule has 138 valence electrons. The normalized spacial score (nSPS) is 19.7. The van der Waals surface area contributed by atoms with Crippen molar-refractivity contribution in [2.75, 3.05) is 39.4 Å². The molecule has 2 aliphatic heterocycles. The van der Waals surface area contributed by atoms with E-state index in [4.69, 9.17) is 4.74 Å². The summed E-state index contributed by atoms with van der Waals surface area (Å²) < 4.78 is 5.40. The first-order valence-electron chi connectivity index (χ1n) is 9.65. The lowest BCUT2D eigenvalue weighted by Gasteiger charge is -2.26. The van der Waals surface area contributed by atoms with Gasteiger partial charge in [0.25, 0.3) is 0 Å². The number of ether oxygens (including phenoxy) is 1. The molecular weight excluding hydrogens is 314 g/mol. The van der Waals surface area contributed by atoms with Crippen molar-refractivity contribution in [2.45, 2.75) is 38.8 Å². The highest BCUT2D eigenvalue weighted by Gasteiger charge is 2.14. The summed E-state index contributed by atoms with van der Waals surface area (Å²) in [6.07, 6.45) is 4.08. The van der Waals surface area contributed by atoms with E-state index in [9.17, 15) is 4.79 Å². The van der Waals surface area contributed by atoms with Crippen molar-refractivity contribution >= 4 is 5.91 Å². The van der Waals surface area contributed by atoms with Gasteiger partial charge in [0.15, 0.2) is 0 Å². The third-order valence-electron chi connectivity index (χ3n) is 5.23. The molecule has 3 rings (SSSR count). The second kappa shape index (κ2) is 9.90. The van der Waals surface area contributed by atoms with Crippen LogP contribution in [0.25, 0.3) is 0 Å². The number of benzene rings is 1. The SMILES string of the molecule is O=C(CCC1CCNCC1)NCc1cccc(CN2CCOCC2)c1. The molecule has 2 N–H and O–H groups in total. The smallest absolute Gasteiger partial charge is 0.220 e. The van der Waals surface area contributed by atoms with Crippen LogP contribution in [0.2, 0.25) is 0 Å². The lowest BCUT2D eigenvalue weighted by atomic mass is 9.93. The minimum Gasteiger partial charge on any atom is -0.379 e. The van der Waals surface area contributed by atoms with E-state index in [2.05, 4.69) is 39.8 Å². The maximum atomic E-state index is 12.1. The molecule has 25 heavy (non-hydrogen) atoms. The van der Waals surface area contributed by atoms with Crippen LogP contribution in [0.3, 0.4) is 0 Å². The fraction of sp³-hybridized carbons (Fsp3) is 0.650. The van der Waals surface area contributed by atoms with E-state index in [1.807, 2.05) is 0 Å². The van der Waals surface area contributed by atoms with Gasteiger partial charge in [0.2, 0.25) is 5.91 Å². The maximum Gasteiger partial charge on any atom is 0.220 e. The van der Waals surface area contributed by atoms with Crippen molar-refractivity contribution in [1.82, 2.24) is 15.5 Å². The lowest BCUT2D eigenvalue weighted by Crippen LogP contribution is -2.35. The van der Waals surface area contributed by atoms with Crippen molar-refractivity contribution in [1.29, 1.82) is 0 Å². The Morgan fingerprint density at radius 3 is 2.76 bits per heavy atom. The molecule has 0 spiro atoms. The Morgan fingerprint density at radius 1 is 1.20 bits per heavy atom. The molecule has 0 bridgehead atoms. The number of nitrogens with zero attached hydrogens (tertiary/aromatic N) is 1. The number of carbonyl (C=O) groups is 1. The van der Waals surface area contributed by atoms with E-state index in [1.54, 1.807) is 0 Å². The van der Waals surface area contributed by atoms with Crippen LogP contribution < -0.4 is 10.6 Å². The first-order valence-corrected chi connectivity index (χ1v) is 9.65. The standard InChI is InChI=1S/C20H31N3O2/c24-20(5-4-17-6-8-21-9-7-17)22-15-18-2-1-3-19(14-18)16-23-10-12-25-13-11-23/h1-3,14,17,21H,4-13,15-16H2,(H,22,24). The molecule has 5 heteroatoms. The summed E-state index contributed by atoms with van der Waals surface area (Å²) in [7, 11) is 0. The van der Waals surface area contributed by atoms with Crippen LogP contribution in [-0.4, -0.2) is 50.2 Å². The summed E-state index contributed by atoms with van der Waals surface area (Å²) >= 11 is 0. The molecule has 2 aliphatic rings. The van der Waals surface area contributed by atoms with Gasteiger partial charge >= 0.3 is 0 Å². The third-order valence-corrected chi connectivity index (χ3v) is 5.23. The van der Waals surface area contributed by atoms with Crippen molar-refractivity contribution in [3.8, 4) is 0 Å². The lowest BCUT2D eigenvalue weighted by molar-refractivity contribution is -0.121. The van der Waals surface area contributed by atoms with Gasteiger partial charge in [-0.15, -0.1) is 0 Å². The highest BCUT2D eigenvalue weighted by molar-refractivity contribution is 5.75. The van der Waals surface area contributed by atoms with E-state index >= 15 is 0 Å². The highest BCUT2D eigenvalue weighted by atomic mass is 16.5. The highest BCUT2D eigenvalue weighted by Crippen LogP contribution is 2.17. The summed E-state index contributed by atoms with van der Waals surface area (Å²) in [6, 6.07) is 8.56. The number of hydrogen-bond donors (Lipinski definition) is 2. The third kappa shape index (κ3) is 6.42. The zero-order valence-electron chi connectivity index (χ0n) is 15.1. The number of rotatable bonds is 7. The van der Waals surface area contributed by atoms with Gasteiger partial charge in [-0.25, -0.2) is 0 Å². The number of amides is 1. The van der Waals surface area contributed by atoms with Gasteiger partial charge in [-0.1, -0.05) is 24.3 Å². The van der Waals surface area contributed by atoms with Crippen molar-refractivity contribution in [2.24, 2.45) is 5.92 Å². The molecule has 0 aromatic heterocycles. The number of hydrogen-bond acceptors (Lipinski definition) is 4. The number of morpholine rings is 1. The van der Waals surface area contributed by atoms with Crippen LogP contribution in [0.5, 0.6) is 0 Å². The van der Waals surface area contributed by atoms with E-state index in [0.717, 1.165) is 52.4 Å². The topological polar surface area (TPSA) is 53.6 Å². The summed E-state index contributed by atoms with van der Waals surface area (Å²) in [5.41, 5.74) is 2.49. The fourth-order valence-electron chi connectivity index (χ4n) is 3.65. The Hall–Kier alpha value is -1.43. The van der Waals surface area contributed by atoms with Crippen LogP contribution >= 0.6 is 0 Å². The molecule has 0 unspecified atom stereocenters. The predicted octanol–water partition coefficient (Wildman–Crippen LogP) is 1.91. The first kappa shape index (κ1) is 18.4. The Balaban J connectivity index is 1.39. The summed E-state index contributed by atoms with van der Waals surface area (Å²) in [5.74, 6) is 0.890. The molecule has 2 heterocycles. The maximum absolute atomic E-state index is 12.1. The van der Waals surface area contributed by atoms with Crippen molar-refractivity contribution in [3.63, 3.8) is 0 Å². The van der Waals surface area contributed by atoms with Crippen LogP contribution in [-0.2, 0) is 22.6 Å². The minimum absolute atomic E-state index is 0.178. The fourth-order valence-corrected chi connectivity index (χ4v) is 3.65. The largest absolute Gasteiger partial charge is 0.379 e. The van der Waals surface area contributed by atoms with E-state index in [0.29, 0.717) is 18.9 Å². The molecule has 0 atom stereocenters. The van der Waals surface area contributed by atoms with Gasteiger partial charge in [-0.3, -0.25) is 9.69 Å². The number of carbonyl (C=O) groups excluding carboxylic acids is 1. The van der Waals surface area contributed by atoms with Crippen molar-refractivity contribution < 1.29 is 9.53 Å². The second-order valence-corrected chi connectivity index (χ2v) is 7.22. The monoisotopic (exact) mass is 345 g/mol. The van der Waals surface area contributed by atoms with Crippen LogP contribution in [0.4, 0.5) is 0 Å². The summed E-state index contributed by atoms with van der Waals surface area (Å²) in [4.78, 5) is 14.5. The first-order chi connectivity index (χ1) is 12.3. The van der Waals surface area contributed by atoms with Gasteiger partial charge in [0.05, 0.1) is 13.2 Å². The molecule has 1 aromatic carbocycles. The quantitative estimate of drug-likeness (QED) is 0.793. The van der Waals surface area contributed by atoms with Gasteiger partial charge in [-0.05, 0) is 49.4 Å². The molecule has 0 radical (unpaired) electrons. The van der Waals surface area contributed by atoms with Gasteiger partial charge < -0.3 is 15.4 Å². The summed E-state index contributed by atoms with van der Waals surface area (Å²) in [6.45, 7) is 7.43. The Bertz CT molecular complexity index is 537. The zero-order chi connectivity index (χ0) is 17.3. The second-order valence-electron chi connectivity index (χ2n) is 7.22. The number of piperidine rings is 1. The molecule has 1 aromatic rings. The summed E-state index contributed by atoms with van der Waals surface area (Å²) in [5, 5.41) is 6.45. The Kier molecular flexibility index (Phi) is 7.27. The van der Waals surface area contributed by atoms with Gasteiger partial charge in [0, 0.05) is 32.6 Å². The van der Waals surface area contributed by atoms with E-state index in [-0.39, 0.29) is 5.91 Å². The Labute approximate surface area is 151 Å². The predicted molar refractivity (Wildman–Crippen MR) is 99.2 cm³/mol. The molecule has 0 aliphatic carbocycles. The average Bonchev–Trinajstić information content (AvgIpc) is 2.67. The van der Waals surface area contributed by atoms with Gasteiger partial charge in [-0.2, -0.15) is 0 Å². The van der Waals surface area contributed by atoms with E-state index < -0.39 is 0 Å². The van der Waals surface area contributed by atoms with Crippen molar-refractivity contribution in [3.05, 3.63) is 35.4 Å². The van der Waals surface area contributed by atoms with Gasteiger partial charge in [0.1, 0.15) is 0 Å². The Morgan fingerprint density at radius 2 is 1.96 bits per heavy atom. The van der Waals surface area contributed by atoms with E-state index in [1.165, 1.54) is 24.0 Å². The van der Waals surface area contributed by atoms with Crippen LogP contribution in [0.15, 0.2) is 24.3 Å². The van der Waals surface area contributed by atoms with Crippen LogP contribution in [0.1, 0.15) is 36.8 Å². The van der Waals surface area contributed by atoms with Crippen LogP contribution in [0, 0.1) is 5.92 Å². The zero-order valence-corrected chi connectivity index (χ0v) is 15.1. The average molecular weight is 345 g/mol.